The zero-order valence-corrected chi connectivity index (χ0v) is 20.0. The lowest BCUT2D eigenvalue weighted by Crippen LogP contribution is -2.20. The third-order valence-corrected chi connectivity index (χ3v) is 6.22. The topological polar surface area (TPSA) is 75.5 Å². The Labute approximate surface area is 193 Å². The summed E-state index contributed by atoms with van der Waals surface area (Å²) in [6.07, 6.45) is 2.56. The summed E-state index contributed by atoms with van der Waals surface area (Å²) in [5, 5.41) is 17.9. The fourth-order valence-electron chi connectivity index (χ4n) is 4.01. The number of benzene rings is 2. The fourth-order valence-corrected chi connectivity index (χ4v) is 4.25. The van der Waals surface area contributed by atoms with Crippen LogP contribution >= 0.6 is 12.2 Å². The maximum absolute atomic E-state index is 10.4. The maximum atomic E-state index is 10.4. The van der Waals surface area contributed by atoms with Crippen LogP contribution in [0.3, 0.4) is 0 Å². The van der Waals surface area contributed by atoms with Gasteiger partial charge in [-0.25, -0.2) is 0 Å². The number of hydrogen-bond donors (Lipinski definition) is 2. The maximum Gasteiger partial charge on any atom is 0.200 e. The predicted octanol–water partition coefficient (Wildman–Crippen LogP) is 5.29. The molecule has 1 aliphatic carbocycles. The number of rotatable bonds is 8. The van der Waals surface area contributed by atoms with Crippen molar-refractivity contribution in [2.75, 3.05) is 32.7 Å². The van der Waals surface area contributed by atoms with E-state index in [1.54, 1.807) is 20.3 Å². The molecule has 170 valence electrons. The third-order valence-electron chi connectivity index (χ3n) is 5.94. The molecular formula is C24H30N4O3S. The van der Waals surface area contributed by atoms with Gasteiger partial charge in [0.2, 0.25) is 0 Å². The van der Waals surface area contributed by atoms with E-state index in [9.17, 15) is 5.11 Å². The van der Waals surface area contributed by atoms with Gasteiger partial charge < -0.3 is 19.5 Å². The van der Waals surface area contributed by atoms with E-state index >= 15 is 0 Å². The number of aromatic amines is 1. The molecule has 1 aliphatic rings. The quantitative estimate of drug-likeness (QED) is 0.451. The smallest absolute Gasteiger partial charge is 0.200 e. The standard InChI is InChI=1S/C24H30N4O3S/c1-14(2)17-11-18(22(31-5)12-20(17)29)23-25-26-24(32)28(23)16-8-9-21(30-4)19(10-16)27(3)13-15-6-7-15/h8-12,14-15,29H,6-7,13H2,1-5H3,(H,26,32). The first kappa shape index (κ1) is 22.2. The number of methoxy groups -OCH3 is 2. The molecular weight excluding hydrogens is 424 g/mol. The van der Waals surface area contributed by atoms with E-state index in [1.165, 1.54) is 12.8 Å². The van der Waals surface area contributed by atoms with Gasteiger partial charge in [-0.3, -0.25) is 9.67 Å². The molecule has 1 saturated carbocycles. The number of ether oxygens (including phenoxy) is 2. The number of phenolic OH excluding ortho intramolecular Hbond substituents is 1. The second-order valence-corrected chi connectivity index (χ2v) is 9.02. The molecule has 0 spiro atoms. The molecule has 0 saturated heterocycles. The Bertz CT molecular complexity index is 1180. The zero-order valence-electron chi connectivity index (χ0n) is 19.2. The molecule has 0 unspecified atom stereocenters. The van der Waals surface area contributed by atoms with Gasteiger partial charge in [0.25, 0.3) is 0 Å². The van der Waals surface area contributed by atoms with Crippen LogP contribution in [0, 0.1) is 10.7 Å². The van der Waals surface area contributed by atoms with Crippen molar-refractivity contribution in [2.24, 2.45) is 5.92 Å². The fraction of sp³-hybridized carbons (Fsp3) is 0.417. The minimum atomic E-state index is 0.138. The van der Waals surface area contributed by atoms with E-state index in [-0.39, 0.29) is 11.7 Å². The van der Waals surface area contributed by atoms with E-state index in [0.717, 1.165) is 40.7 Å². The van der Waals surface area contributed by atoms with Crippen LogP contribution in [0.5, 0.6) is 17.2 Å². The molecule has 4 rings (SSSR count). The number of nitrogens with zero attached hydrogens (tertiary/aromatic N) is 3. The highest BCUT2D eigenvalue weighted by molar-refractivity contribution is 7.71. The van der Waals surface area contributed by atoms with Gasteiger partial charge in [-0.1, -0.05) is 13.8 Å². The van der Waals surface area contributed by atoms with Gasteiger partial charge in [0.15, 0.2) is 10.6 Å². The number of nitrogens with one attached hydrogen (secondary N) is 1. The van der Waals surface area contributed by atoms with Gasteiger partial charge in [0, 0.05) is 19.7 Å². The Kier molecular flexibility index (Phi) is 6.15. The van der Waals surface area contributed by atoms with Crippen molar-refractivity contribution in [2.45, 2.75) is 32.6 Å². The lowest BCUT2D eigenvalue weighted by Gasteiger charge is -2.23. The average Bonchev–Trinajstić information content (AvgIpc) is 3.51. The Morgan fingerprint density at radius 1 is 1.19 bits per heavy atom. The first-order valence-electron chi connectivity index (χ1n) is 10.8. The van der Waals surface area contributed by atoms with Crippen LogP contribution in [0.2, 0.25) is 0 Å². The highest BCUT2D eigenvalue weighted by Gasteiger charge is 2.25. The van der Waals surface area contributed by atoms with Crippen LogP contribution in [0.25, 0.3) is 17.1 Å². The van der Waals surface area contributed by atoms with Crippen molar-refractivity contribution in [1.29, 1.82) is 0 Å². The van der Waals surface area contributed by atoms with Crippen LogP contribution in [0.15, 0.2) is 30.3 Å². The van der Waals surface area contributed by atoms with Gasteiger partial charge in [-0.05, 0) is 66.7 Å². The molecule has 0 atom stereocenters. The number of hydrogen-bond acceptors (Lipinski definition) is 6. The molecule has 1 heterocycles. The monoisotopic (exact) mass is 454 g/mol. The minimum absolute atomic E-state index is 0.138. The van der Waals surface area contributed by atoms with Gasteiger partial charge in [0.05, 0.1) is 31.2 Å². The lowest BCUT2D eigenvalue weighted by molar-refractivity contribution is 0.407. The second kappa shape index (κ2) is 8.86. The van der Waals surface area contributed by atoms with Gasteiger partial charge in [-0.15, -0.1) is 0 Å². The molecule has 1 fully saturated rings. The number of H-pyrrole nitrogens is 1. The molecule has 2 aromatic carbocycles. The van der Waals surface area contributed by atoms with Crippen molar-refractivity contribution in [3.05, 3.63) is 40.7 Å². The van der Waals surface area contributed by atoms with E-state index in [0.29, 0.717) is 16.3 Å². The van der Waals surface area contributed by atoms with Crippen molar-refractivity contribution >= 4 is 17.9 Å². The molecule has 0 radical (unpaired) electrons. The zero-order chi connectivity index (χ0) is 23.0. The van der Waals surface area contributed by atoms with Gasteiger partial charge >= 0.3 is 0 Å². The number of aromatic hydroxyl groups is 1. The summed E-state index contributed by atoms with van der Waals surface area (Å²) in [6, 6.07) is 9.56. The van der Waals surface area contributed by atoms with E-state index in [4.69, 9.17) is 21.7 Å². The number of anilines is 1. The molecule has 0 bridgehead atoms. The van der Waals surface area contributed by atoms with E-state index < -0.39 is 0 Å². The molecule has 8 heteroatoms. The van der Waals surface area contributed by atoms with Crippen LogP contribution in [-0.2, 0) is 0 Å². The molecule has 2 N–H and O–H groups in total. The van der Waals surface area contributed by atoms with Crippen LogP contribution < -0.4 is 14.4 Å². The van der Waals surface area contributed by atoms with Crippen LogP contribution in [0.1, 0.15) is 38.2 Å². The summed E-state index contributed by atoms with van der Waals surface area (Å²) >= 11 is 5.60. The summed E-state index contributed by atoms with van der Waals surface area (Å²) in [4.78, 5) is 2.24. The van der Waals surface area contributed by atoms with Crippen molar-refractivity contribution < 1.29 is 14.6 Å². The Morgan fingerprint density at radius 3 is 2.53 bits per heavy atom. The molecule has 0 amide bonds. The van der Waals surface area contributed by atoms with Crippen LogP contribution in [0.4, 0.5) is 5.69 Å². The summed E-state index contributed by atoms with van der Waals surface area (Å²) in [7, 11) is 5.36. The van der Waals surface area contributed by atoms with E-state index in [1.807, 2.05) is 36.6 Å². The SMILES string of the molecule is COc1cc(O)c(C(C)C)cc1-c1n[nH]c(=S)n1-c1ccc(OC)c(N(C)CC2CC2)c1. The summed E-state index contributed by atoms with van der Waals surface area (Å²) in [5.74, 6) is 3.05. The summed E-state index contributed by atoms with van der Waals surface area (Å²) in [5.41, 5.74) is 3.45. The molecule has 7 nitrogen and oxygen atoms in total. The lowest BCUT2D eigenvalue weighted by atomic mass is 9.98. The van der Waals surface area contributed by atoms with Crippen LogP contribution in [-0.4, -0.2) is 47.7 Å². The molecule has 3 aromatic rings. The number of aromatic nitrogens is 3. The average molecular weight is 455 g/mol. The minimum Gasteiger partial charge on any atom is -0.508 e. The first-order valence-corrected chi connectivity index (χ1v) is 11.2. The van der Waals surface area contributed by atoms with E-state index in [2.05, 4.69) is 28.2 Å². The summed E-state index contributed by atoms with van der Waals surface area (Å²) < 4.78 is 13.6. The van der Waals surface area contributed by atoms with Crippen molar-refractivity contribution in [3.8, 4) is 34.3 Å². The largest absolute Gasteiger partial charge is 0.508 e. The highest BCUT2D eigenvalue weighted by Crippen LogP contribution is 2.40. The molecule has 1 aromatic heterocycles. The van der Waals surface area contributed by atoms with Gasteiger partial charge in [-0.2, -0.15) is 5.10 Å². The van der Waals surface area contributed by atoms with Crippen molar-refractivity contribution in [3.63, 3.8) is 0 Å². The summed E-state index contributed by atoms with van der Waals surface area (Å²) in [6.45, 7) is 5.06. The van der Waals surface area contributed by atoms with Crippen molar-refractivity contribution in [1.82, 2.24) is 14.8 Å². The third kappa shape index (κ3) is 4.19. The Morgan fingerprint density at radius 2 is 1.91 bits per heavy atom. The Hall–Kier alpha value is -3.00. The normalized spacial score (nSPS) is 13.4. The van der Waals surface area contributed by atoms with Gasteiger partial charge in [0.1, 0.15) is 17.2 Å². The predicted molar refractivity (Wildman–Crippen MR) is 129 cm³/mol. The Balaban J connectivity index is 1.86. The second-order valence-electron chi connectivity index (χ2n) is 8.63. The highest BCUT2D eigenvalue weighted by atomic mass is 32.1. The molecule has 32 heavy (non-hydrogen) atoms. The first-order chi connectivity index (χ1) is 15.3. The number of phenols is 1. The molecule has 0 aliphatic heterocycles.